The summed E-state index contributed by atoms with van der Waals surface area (Å²) in [5.74, 6) is 1.86. The lowest BCUT2D eigenvalue weighted by Gasteiger charge is -2.59. The number of hydrogen-bond donors (Lipinski definition) is 0. The summed E-state index contributed by atoms with van der Waals surface area (Å²) in [5.41, 5.74) is 2.91. The molecule has 3 aliphatic heterocycles. The molecule has 0 aromatic heterocycles. The molecule has 0 amide bonds. The van der Waals surface area contributed by atoms with Gasteiger partial charge in [-0.1, -0.05) is 84.0 Å². The molecule has 278 valence electrons. The second-order valence-corrected chi connectivity index (χ2v) is 21.5. The molecular weight excluding hydrogens is 645 g/mol. The molecule has 2 aromatic carbocycles. The Labute approximate surface area is 303 Å². The summed E-state index contributed by atoms with van der Waals surface area (Å²) in [7, 11) is -0.249. The maximum Gasteiger partial charge on any atom is 0.200 e. The minimum Gasteiger partial charge on any atom is -0.497 e. The van der Waals surface area contributed by atoms with Crippen LogP contribution in [0.1, 0.15) is 105 Å². The number of hydrogen-bond acceptors (Lipinski definition) is 7. The number of methoxy groups -OCH3 is 1. The van der Waals surface area contributed by atoms with Crippen LogP contribution >= 0.6 is 0 Å². The van der Waals surface area contributed by atoms with Crippen molar-refractivity contribution in [2.24, 2.45) is 0 Å². The zero-order valence-electron chi connectivity index (χ0n) is 32.2. The van der Waals surface area contributed by atoms with E-state index >= 15 is 0 Å². The van der Waals surface area contributed by atoms with Crippen molar-refractivity contribution in [3.63, 3.8) is 0 Å². The van der Waals surface area contributed by atoms with Gasteiger partial charge in [0, 0.05) is 38.9 Å². The summed E-state index contributed by atoms with van der Waals surface area (Å²) in [4.78, 5) is 0. The fourth-order valence-electron chi connectivity index (χ4n) is 8.93. The predicted molar refractivity (Wildman–Crippen MR) is 202 cm³/mol. The molecule has 0 radical (unpaired) electrons. The predicted octanol–water partition coefficient (Wildman–Crippen LogP) is 9.93. The largest absolute Gasteiger partial charge is 0.497 e. The van der Waals surface area contributed by atoms with Gasteiger partial charge >= 0.3 is 0 Å². The average molecular weight is 709 g/mol. The summed E-state index contributed by atoms with van der Waals surface area (Å²) in [6.45, 7) is 21.0. The van der Waals surface area contributed by atoms with Crippen molar-refractivity contribution >= 4 is 8.32 Å². The van der Waals surface area contributed by atoms with E-state index in [4.69, 9.17) is 32.8 Å². The third-order valence-electron chi connectivity index (χ3n) is 11.6. The Hall–Kier alpha value is -2.20. The van der Waals surface area contributed by atoms with Crippen LogP contribution in [0.4, 0.5) is 0 Å². The normalized spacial score (nSPS) is 28.3. The maximum atomic E-state index is 7.16. The Balaban J connectivity index is 1.25. The molecule has 2 fully saturated rings. The highest BCUT2D eigenvalue weighted by atomic mass is 28.4. The minimum atomic E-state index is -1.94. The Morgan fingerprint density at radius 1 is 0.820 bits per heavy atom. The van der Waals surface area contributed by atoms with Gasteiger partial charge in [-0.05, 0) is 72.6 Å². The SMILES string of the molecule is COc1ccc(CO[C@@H]2C[C@H](CCCOCc3ccccc3)O[C@@H]3C[C@@H]4OC(CCO[Si](C(C)C)(C(C)C)C(C)C)=CC[C@@]4(C)O[C@@]23C)cc1. The van der Waals surface area contributed by atoms with Crippen LogP contribution in [0.5, 0.6) is 5.75 Å². The van der Waals surface area contributed by atoms with Crippen LogP contribution in [0, 0.1) is 0 Å². The van der Waals surface area contributed by atoms with E-state index in [-0.39, 0.29) is 24.4 Å². The molecule has 3 aliphatic rings. The van der Waals surface area contributed by atoms with Gasteiger partial charge in [0.1, 0.15) is 23.1 Å². The third-order valence-corrected chi connectivity index (χ3v) is 17.8. The number of rotatable bonds is 17. The average Bonchev–Trinajstić information content (AvgIpc) is 3.08. The van der Waals surface area contributed by atoms with Gasteiger partial charge in [0.2, 0.25) is 0 Å². The maximum absolute atomic E-state index is 7.16. The smallest absolute Gasteiger partial charge is 0.200 e. The van der Waals surface area contributed by atoms with Gasteiger partial charge in [-0.25, -0.2) is 0 Å². The van der Waals surface area contributed by atoms with E-state index in [0.29, 0.717) is 43.1 Å². The quantitative estimate of drug-likeness (QED) is 0.120. The number of fused-ring (bicyclic) bond motifs is 2. The van der Waals surface area contributed by atoms with Crippen molar-refractivity contribution in [1.29, 1.82) is 0 Å². The van der Waals surface area contributed by atoms with Gasteiger partial charge in [0.25, 0.3) is 0 Å². The van der Waals surface area contributed by atoms with Crippen LogP contribution in [-0.4, -0.2) is 64.3 Å². The van der Waals surface area contributed by atoms with Crippen molar-refractivity contribution in [1.82, 2.24) is 0 Å². The first-order valence-electron chi connectivity index (χ1n) is 19.1. The molecule has 8 heteroatoms. The second-order valence-electron chi connectivity index (χ2n) is 16.0. The van der Waals surface area contributed by atoms with Crippen LogP contribution in [0.15, 0.2) is 66.4 Å². The van der Waals surface area contributed by atoms with E-state index in [1.165, 1.54) is 5.56 Å². The minimum absolute atomic E-state index is 0.0513. The molecule has 5 rings (SSSR count). The molecule has 0 bridgehead atoms. The molecule has 0 spiro atoms. The Morgan fingerprint density at radius 2 is 1.50 bits per heavy atom. The van der Waals surface area contributed by atoms with E-state index in [1.807, 2.05) is 18.2 Å². The van der Waals surface area contributed by atoms with Gasteiger partial charge in [-0.15, -0.1) is 0 Å². The molecule has 0 N–H and O–H groups in total. The molecule has 0 unspecified atom stereocenters. The summed E-state index contributed by atoms with van der Waals surface area (Å²) < 4.78 is 45.9. The summed E-state index contributed by atoms with van der Waals surface area (Å²) in [5, 5.41) is 0. The Morgan fingerprint density at radius 3 is 2.16 bits per heavy atom. The van der Waals surface area contributed by atoms with Crippen LogP contribution in [0.3, 0.4) is 0 Å². The summed E-state index contributed by atoms with van der Waals surface area (Å²) in [6, 6.07) is 18.5. The van der Waals surface area contributed by atoms with Crippen molar-refractivity contribution in [2.45, 2.75) is 159 Å². The van der Waals surface area contributed by atoms with Crippen molar-refractivity contribution in [3.8, 4) is 5.75 Å². The van der Waals surface area contributed by atoms with E-state index in [2.05, 4.69) is 97.9 Å². The summed E-state index contributed by atoms with van der Waals surface area (Å²) in [6.07, 6.45) is 6.86. The van der Waals surface area contributed by atoms with E-state index in [1.54, 1.807) is 7.11 Å². The van der Waals surface area contributed by atoms with Crippen molar-refractivity contribution < 1.29 is 32.8 Å². The zero-order chi connectivity index (χ0) is 35.9. The highest BCUT2D eigenvalue weighted by molar-refractivity contribution is 6.77. The van der Waals surface area contributed by atoms with Gasteiger partial charge in [-0.2, -0.15) is 0 Å². The van der Waals surface area contributed by atoms with Crippen LogP contribution in [0.25, 0.3) is 0 Å². The second kappa shape index (κ2) is 17.1. The van der Waals surface area contributed by atoms with E-state index in [9.17, 15) is 0 Å². The molecular formula is C42H64O7Si. The first kappa shape index (κ1) is 39.0. The highest BCUT2D eigenvalue weighted by Gasteiger charge is 2.60. The first-order chi connectivity index (χ1) is 23.9. The van der Waals surface area contributed by atoms with Crippen LogP contribution in [0.2, 0.25) is 16.6 Å². The van der Waals surface area contributed by atoms with E-state index < -0.39 is 19.5 Å². The molecule has 2 aromatic rings. The Bertz CT molecular complexity index is 1340. The topological polar surface area (TPSA) is 64.6 Å². The molecule has 3 heterocycles. The lowest BCUT2D eigenvalue weighted by molar-refractivity contribution is -0.336. The van der Waals surface area contributed by atoms with Gasteiger partial charge in [0.15, 0.2) is 8.32 Å². The lowest BCUT2D eigenvalue weighted by Crippen LogP contribution is -2.69. The van der Waals surface area contributed by atoms with Crippen molar-refractivity contribution in [3.05, 3.63) is 77.6 Å². The standard InChI is InChI=1S/C42H64O7Si/c1-30(2)50(31(3)4,32(5)6)46-25-22-36-21-23-41(7)38(47-36)27-40-42(8,49-41)39(45-29-34-17-19-35(43-9)20-18-34)26-37(48-40)16-13-24-44-28-33-14-11-10-12-15-33/h10-12,14-15,17-21,30-32,37-40H,13,16,22-29H2,1-9H3/t37-,38-,39+,40+,41+,42-/m0/s1. The Kier molecular flexibility index (Phi) is 13.3. The fourth-order valence-corrected chi connectivity index (χ4v) is 14.4. The zero-order valence-corrected chi connectivity index (χ0v) is 33.2. The van der Waals surface area contributed by atoms with Crippen molar-refractivity contribution in [2.75, 3.05) is 20.3 Å². The molecule has 6 atom stereocenters. The third kappa shape index (κ3) is 8.87. The molecule has 0 saturated carbocycles. The van der Waals surface area contributed by atoms with Crippen LogP contribution in [-0.2, 0) is 41.3 Å². The molecule has 7 nitrogen and oxygen atoms in total. The summed E-state index contributed by atoms with van der Waals surface area (Å²) >= 11 is 0. The first-order valence-corrected chi connectivity index (χ1v) is 21.2. The van der Waals surface area contributed by atoms with Gasteiger partial charge in [-0.3, -0.25) is 0 Å². The van der Waals surface area contributed by atoms with Gasteiger partial charge in [0.05, 0.1) is 44.4 Å². The van der Waals surface area contributed by atoms with Crippen LogP contribution < -0.4 is 4.74 Å². The molecule has 50 heavy (non-hydrogen) atoms. The highest BCUT2D eigenvalue weighted by Crippen LogP contribution is 2.50. The number of ether oxygens (including phenoxy) is 6. The monoisotopic (exact) mass is 708 g/mol. The molecule has 2 saturated heterocycles. The molecule has 0 aliphatic carbocycles. The number of benzene rings is 2. The fraction of sp³-hybridized carbons (Fsp3) is 0.667. The lowest BCUT2D eigenvalue weighted by atomic mass is 9.74. The van der Waals surface area contributed by atoms with Gasteiger partial charge < -0.3 is 32.8 Å². The van der Waals surface area contributed by atoms with E-state index in [0.717, 1.165) is 55.6 Å².